The van der Waals surface area contributed by atoms with Crippen molar-refractivity contribution in [2.45, 2.75) is 26.7 Å². The van der Waals surface area contributed by atoms with Crippen LogP contribution in [-0.2, 0) is 4.79 Å². The van der Waals surface area contributed by atoms with Crippen LogP contribution >= 0.6 is 0 Å². The Bertz CT molecular complexity index is 433. The van der Waals surface area contributed by atoms with Crippen LogP contribution in [0.15, 0.2) is 18.5 Å². The predicted molar refractivity (Wildman–Crippen MR) is 66.2 cm³/mol. The Morgan fingerprint density at radius 2 is 2.35 bits per heavy atom. The monoisotopic (exact) mass is 234 g/mol. The highest BCUT2D eigenvalue weighted by Crippen LogP contribution is 2.33. The fourth-order valence-corrected chi connectivity index (χ4v) is 2.44. The maximum Gasteiger partial charge on any atom is 0.311 e. The second-order valence-corrected chi connectivity index (χ2v) is 5.05. The summed E-state index contributed by atoms with van der Waals surface area (Å²) in [6.07, 6.45) is 5.25. The number of rotatable bonds is 2. The fraction of sp³-hybridized carbons (Fsp3) is 0.538. The largest absolute Gasteiger partial charge is 0.481 e. The van der Waals surface area contributed by atoms with Gasteiger partial charge in [-0.1, -0.05) is 0 Å². The second kappa shape index (κ2) is 4.35. The first-order valence-corrected chi connectivity index (χ1v) is 5.92. The molecule has 17 heavy (non-hydrogen) atoms. The number of aromatic nitrogens is 1. The van der Waals surface area contributed by atoms with Crippen molar-refractivity contribution in [3.8, 4) is 0 Å². The van der Waals surface area contributed by atoms with E-state index in [0.29, 0.717) is 6.54 Å². The van der Waals surface area contributed by atoms with E-state index in [9.17, 15) is 9.90 Å². The molecule has 0 saturated carbocycles. The molecular weight excluding hydrogens is 216 g/mol. The first-order chi connectivity index (χ1) is 8.03. The van der Waals surface area contributed by atoms with Crippen LogP contribution in [0.4, 0.5) is 5.69 Å². The van der Waals surface area contributed by atoms with Gasteiger partial charge in [-0.05, 0) is 38.3 Å². The second-order valence-electron chi connectivity index (χ2n) is 5.05. The smallest absolute Gasteiger partial charge is 0.311 e. The Morgan fingerprint density at radius 1 is 1.59 bits per heavy atom. The summed E-state index contributed by atoms with van der Waals surface area (Å²) >= 11 is 0. The fourth-order valence-electron chi connectivity index (χ4n) is 2.44. The van der Waals surface area contributed by atoms with Gasteiger partial charge in [-0.2, -0.15) is 0 Å². The van der Waals surface area contributed by atoms with E-state index in [-0.39, 0.29) is 0 Å². The van der Waals surface area contributed by atoms with Gasteiger partial charge in [-0.25, -0.2) is 0 Å². The third-order valence-corrected chi connectivity index (χ3v) is 3.54. The number of carboxylic acids is 1. The molecule has 1 fully saturated rings. The first-order valence-electron chi connectivity index (χ1n) is 5.92. The summed E-state index contributed by atoms with van der Waals surface area (Å²) in [5.41, 5.74) is 1.57. The highest BCUT2D eigenvalue weighted by Gasteiger charge is 2.38. The lowest BCUT2D eigenvalue weighted by Gasteiger charge is -2.39. The van der Waals surface area contributed by atoms with Gasteiger partial charge in [0.05, 0.1) is 5.41 Å². The van der Waals surface area contributed by atoms with Gasteiger partial charge < -0.3 is 10.0 Å². The lowest BCUT2D eigenvalue weighted by Crippen LogP contribution is -2.46. The molecule has 1 unspecified atom stereocenters. The van der Waals surface area contributed by atoms with Gasteiger partial charge in [0.15, 0.2) is 0 Å². The third kappa shape index (κ3) is 2.25. The molecule has 0 aliphatic carbocycles. The van der Waals surface area contributed by atoms with Gasteiger partial charge >= 0.3 is 5.97 Å². The first kappa shape index (κ1) is 11.9. The summed E-state index contributed by atoms with van der Waals surface area (Å²) in [6.45, 7) is 5.34. The molecule has 1 aliphatic heterocycles. The average Bonchev–Trinajstić information content (AvgIpc) is 2.29. The molecule has 1 aromatic heterocycles. The summed E-state index contributed by atoms with van der Waals surface area (Å²) in [4.78, 5) is 17.5. The van der Waals surface area contributed by atoms with Crippen LogP contribution in [-0.4, -0.2) is 29.1 Å². The Morgan fingerprint density at radius 3 is 3.00 bits per heavy atom. The molecular formula is C13H18N2O2. The molecule has 4 heteroatoms. The van der Waals surface area contributed by atoms with Crippen molar-refractivity contribution >= 4 is 11.7 Å². The van der Waals surface area contributed by atoms with Crippen LogP contribution < -0.4 is 4.90 Å². The summed E-state index contributed by atoms with van der Waals surface area (Å²) < 4.78 is 0. The molecule has 0 bridgehead atoms. The highest BCUT2D eigenvalue weighted by molar-refractivity contribution is 5.75. The third-order valence-electron chi connectivity index (χ3n) is 3.54. The Hall–Kier alpha value is -1.58. The number of pyridine rings is 1. The van der Waals surface area contributed by atoms with E-state index in [2.05, 4.69) is 9.88 Å². The molecule has 1 aliphatic rings. The van der Waals surface area contributed by atoms with Gasteiger partial charge in [0, 0.05) is 31.2 Å². The van der Waals surface area contributed by atoms with E-state index >= 15 is 0 Å². The average molecular weight is 234 g/mol. The molecule has 0 aromatic carbocycles. The van der Waals surface area contributed by atoms with Crippen molar-refractivity contribution in [3.63, 3.8) is 0 Å². The number of hydrogen-bond donors (Lipinski definition) is 1. The number of piperidine rings is 1. The highest BCUT2D eigenvalue weighted by atomic mass is 16.4. The zero-order valence-corrected chi connectivity index (χ0v) is 10.3. The Kier molecular flexibility index (Phi) is 3.05. The zero-order valence-electron chi connectivity index (χ0n) is 10.3. The molecule has 92 valence electrons. The summed E-state index contributed by atoms with van der Waals surface area (Å²) in [7, 11) is 0. The molecule has 1 aromatic rings. The number of anilines is 1. The molecule has 2 rings (SSSR count). The van der Waals surface area contributed by atoms with Crippen molar-refractivity contribution in [1.29, 1.82) is 0 Å². The number of nitrogens with zero attached hydrogens (tertiary/aromatic N) is 2. The molecule has 0 amide bonds. The lowest BCUT2D eigenvalue weighted by atomic mass is 9.82. The van der Waals surface area contributed by atoms with Crippen molar-refractivity contribution in [2.24, 2.45) is 5.41 Å². The number of carboxylic acid groups (broad SMARTS) is 1. The van der Waals surface area contributed by atoms with Crippen LogP contribution in [0, 0.1) is 12.3 Å². The molecule has 2 heterocycles. The predicted octanol–water partition coefficient (Wildman–Crippen LogP) is 2.08. The van der Waals surface area contributed by atoms with Crippen molar-refractivity contribution < 1.29 is 9.90 Å². The van der Waals surface area contributed by atoms with Crippen LogP contribution in [0.2, 0.25) is 0 Å². The normalized spacial score (nSPS) is 24.7. The standard InChI is InChI=1S/C13H18N2O2/c1-10-8-14-6-4-11(10)15-7-3-5-13(2,9-15)12(16)17/h4,6,8H,3,5,7,9H2,1-2H3,(H,16,17). The van der Waals surface area contributed by atoms with Gasteiger partial charge in [0.1, 0.15) is 0 Å². The van der Waals surface area contributed by atoms with Gasteiger partial charge in [0.2, 0.25) is 0 Å². The maximum atomic E-state index is 11.3. The van der Waals surface area contributed by atoms with Crippen LogP contribution in [0.3, 0.4) is 0 Å². The lowest BCUT2D eigenvalue weighted by molar-refractivity contribution is -0.148. The van der Waals surface area contributed by atoms with E-state index in [1.54, 1.807) is 6.20 Å². The molecule has 1 saturated heterocycles. The minimum atomic E-state index is -0.700. The van der Waals surface area contributed by atoms with Gasteiger partial charge in [-0.15, -0.1) is 0 Å². The molecule has 4 nitrogen and oxygen atoms in total. The zero-order chi connectivity index (χ0) is 12.5. The van der Waals surface area contributed by atoms with Crippen molar-refractivity contribution in [3.05, 3.63) is 24.0 Å². The molecule has 1 atom stereocenters. The summed E-state index contributed by atoms with van der Waals surface area (Å²) in [5, 5.41) is 9.29. The number of carbonyl (C=O) groups is 1. The van der Waals surface area contributed by atoms with E-state index in [1.807, 2.05) is 26.1 Å². The minimum absolute atomic E-state index is 0.577. The topological polar surface area (TPSA) is 53.4 Å². The van der Waals surface area contributed by atoms with Crippen LogP contribution in [0.1, 0.15) is 25.3 Å². The van der Waals surface area contributed by atoms with Gasteiger partial charge in [0.25, 0.3) is 0 Å². The van der Waals surface area contributed by atoms with Crippen LogP contribution in [0.25, 0.3) is 0 Å². The molecule has 1 N–H and O–H groups in total. The van der Waals surface area contributed by atoms with E-state index in [1.165, 1.54) is 0 Å². The van der Waals surface area contributed by atoms with Gasteiger partial charge in [-0.3, -0.25) is 9.78 Å². The van der Waals surface area contributed by atoms with Crippen molar-refractivity contribution in [2.75, 3.05) is 18.0 Å². The Balaban J connectivity index is 2.24. The van der Waals surface area contributed by atoms with Crippen molar-refractivity contribution in [1.82, 2.24) is 4.98 Å². The van der Waals surface area contributed by atoms with E-state index in [4.69, 9.17) is 0 Å². The Labute approximate surface area is 101 Å². The SMILES string of the molecule is Cc1cnccc1N1CCCC(C)(C(=O)O)C1. The minimum Gasteiger partial charge on any atom is -0.481 e. The quantitative estimate of drug-likeness (QED) is 0.851. The van der Waals surface area contributed by atoms with E-state index in [0.717, 1.165) is 30.6 Å². The number of hydrogen-bond acceptors (Lipinski definition) is 3. The molecule has 0 radical (unpaired) electrons. The van der Waals surface area contributed by atoms with E-state index < -0.39 is 11.4 Å². The summed E-state index contributed by atoms with van der Waals surface area (Å²) in [5.74, 6) is -0.700. The maximum absolute atomic E-state index is 11.3. The number of aryl methyl sites for hydroxylation is 1. The molecule has 0 spiro atoms. The number of aliphatic carboxylic acids is 1. The van der Waals surface area contributed by atoms with Crippen LogP contribution in [0.5, 0.6) is 0 Å². The summed E-state index contributed by atoms with van der Waals surface area (Å²) in [6, 6.07) is 1.96.